The molecule has 0 unspecified atom stereocenters. The monoisotopic (exact) mass is 417 g/mol. The average Bonchev–Trinajstić information content (AvgIpc) is 2.74. The molecule has 4 aromatic rings. The lowest BCUT2D eigenvalue weighted by molar-refractivity contribution is -0.116. The second-order valence-corrected chi connectivity index (χ2v) is 7.59. The Hall–Kier alpha value is -3.44. The largest absolute Gasteiger partial charge is 0.349 e. The van der Waals surface area contributed by atoms with Crippen molar-refractivity contribution in [1.29, 1.82) is 0 Å². The van der Waals surface area contributed by atoms with Crippen LogP contribution in [-0.2, 0) is 11.3 Å². The van der Waals surface area contributed by atoms with E-state index in [9.17, 15) is 9.59 Å². The van der Waals surface area contributed by atoms with Crippen LogP contribution in [0.2, 0.25) is 5.02 Å². The van der Waals surface area contributed by atoms with Gasteiger partial charge in [-0.1, -0.05) is 54.1 Å². The molecule has 30 heavy (non-hydrogen) atoms. The van der Waals surface area contributed by atoms with Crippen LogP contribution >= 0.6 is 11.6 Å². The summed E-state index contributed by atoms with van der Waals surface area (Å²) in [6.45, 7) is 3.79. The predicted octanol–water partition coefficient (Wildman–Crippen LogP) is 4.97. The highest BCUT2D eigenvalue weighted by Crippen LogP contribution is 2.27. The van der Waals surface area contributed by atoms with Gasteiger partial charge in [-0.05, 0) is 49.2 Å². The van der Waals surface area contributed by atoms with Crippen LogP contribution in [0.25, 0.3) is 22.2 Å². The van der Waals surface area contributed by atoms with E-state index >= 15 is 0 Å². The Labute approximate surface area is 179 Å². The molecular formula is C24H20ClN3O2. The minimum Gasteiger partial charge on any atom is -0.324 e. The quantitative estimate of drug-likeness (QED) is 0.509. The van der Waals surface area contributed by atoms with Gasteiger partial charge in [0.05, 0.1) is 11.2 Å². The zero-order valence-corrected chi connectivity index (χ0v) is 17.4. The fourth-order valence-electron chi connectivity index (χ4n) is 3.44. The second kappa shape index (κ2) is 8.13. The Balaban J connectivity index is 1.76. The number of hydrogen-bond acceptors (Lipinski definition) is 3. The van der Waals surface area contributed by atoms with Crippen molar-refractivity contribution < 1.29 is 4.79 Å². The number of nitrogens with one attached hydrogen (secondary N) is 1. The Morgan fingerprint density at radius 3 is 2.57 bits per heavy atom. The van der Waals surface area contributed by atoms with Crippen LogP contribution in [0.4, 0.5) is 5.69 Å². The van der Waals surface area contributed by atoms with Crippen LogP contribution in [0.5, 0.6) is 0 Å². The lowest BCUT2D eigenvalue weighted by Gasteiger charge is -2.14. The molecule has 0 atom stereocenters. The van der Waals surface area contributed by atoms with Crippen molar-refractivity contribution in [2.24, 2.45) is 0 Å². The number of fused-ring (bicyclic) bond motifs is 1. The number of anilines is 1. The van der Waals surface area contributed by atoms with E-state index in [-0.39, 0.29) is 12.5 Å². The zero-order valence-electron chi connectivity index (χ0n) is 16.6. The standard InChI is InChI=1S/C24H20ClN3O2/c1-15-7-6-10-20(16(15)2)26-22(29)14-28-21-12-11-18(25)13-19(21)23(27-24(28)30)17-8-4-3-5-9-17/h3-13H,14H2,1-2H3,(H,26,29). The number of nitrogens with zero attached hydrogens (tertiary/aromatic N) is 2. The second-order valence-electron chi connectivity index (χ2n) is 7.15. The number of hydrogen-bond donors (Lipinski definition) is 1. The van der Waals surface area contributed by atoms with E-state index in [1.165, 1.54) is 4.57 Å². The fraction of sp³-hybridized carbons (Fsp3) is 0.125. The van der Waals surface area contributed by atoms with Gasteiger partial charge in [-0.25, -0.2) is 4.79 Å². The van der Waals surface area contributed by atoms with E-state index in [0.29, 0.717) is 21.6 Å². The third-order valence-electron chi connectivity index (χ3n) is 5.17. The first kappa shape index (κ1) is 19.9. The van der Waals surface area contributed by atoms with E-state index < -0.39 is 5.69 Å². The van der Waals surface area contributed by atoms with E-state index in [2.05, 4.69) is 10.3 Å². The van der Waals surface area contributed by atoms with Crippen molar-refractivity contribution in [2.45, 2.75) is 20.4 Å². The number of carbonyl (C=O) groups is 1. The van der Waals surface area contributed by atoms with E-state index in [0.717, 1.165) is 22.4 Å². The maximum atomic E-state index is 12.9. The van der Waals surface area contributed by atoms with Gasteiger partial charge >= 0.3 is 5.69 Å². The van der Waals surface area contributed by atoms with Gasteiger partial charge < -0.3 is 5.32 Å². The number of aromatic nitrogens is 2. The molecule has 3 aromatic carbocycles. The lowest BCUT2D eigenvalue weighted by Crippen LogP contribution is -2.30. The van der Waals surface area contributed by atoms with Crippen molar-refractivity contribution in [2.75, 3.05) is 5.32 Å². The van der Waals surface area contributed by atoms with Crippen LogP contribution in [0.3, 0.4) is 0 Å². The topological polar surface area (TPSA) is 64.0 Å². The average molecular weight is 418 g/mol. The molecule has 1 amide bonds. The van der Waals surface area contributed by atoms with Crippen molar-refractivity contribution in [3.05, 3.63) is 93.4 Å². The smallest absolute Gasteiger partial charge is 0.324 e. The molecular weight excluding hydrogens is 398 g/mol. The summed E-state index contributed by atoms with van der Waals surface area (Å²) in [5.74, 6) is -0.295. The van der Waals surface area contributed by atoms with E-state index in [4.69, 9.17) is 11.6 Å². The van der Waals surface area contributed by atoms with Gasteiger partial charge in [0.1, 0.15) is 6.54 Å². The van der Waals surface area contributed by atoms with Gasteiger partial charge in [0.25, 0.3) is 0 Å². The number of benzene rings is 3. The number of rotatable bonds is 4. The molecule has 6 heteroatoms. The summed E-state index contributed by atoms with van der Waals surface area (Å²) in [5, 5.41) is 4.15. The summed E-state index contributed by atoms with van der Waals surface area (Å²) < 4.78 is 1.37. The highest BCUT2D eigenvalue weighted by molar-refractivity contribution is 6.31. The number of aryl methyl sites for hydroxylation is 1. The lowest BCUT2D eigenvalue weighted by atomic mass is 10.1. The van der Waals surface area contributed by atoms with Gasteiger partial charge in [0.15, 0.2) is 0 Å². The summed E-state index contributed by atoms with van der Waals surface area (Å²) in [6, 6.07) is 20.4. The first-order valence-corrected chi connectivity index (χ1v) is 9.93. The maximum Gasteiger partial charge on any atom is 0.349 e. The Bertz CT molecular complexity index is 1310. The van der Waals surface area contributed by atoms with Gasteiger partial charge in [-0.15, -0.1) is 0 Å². The summed E-state index contributed by atoms with van der Waals surface area (Å²) in [4.78, 5) is 29.9. The molecule has 0 saturated heterocycles. The highest BCUT2D eigenvalue weighted by atomic mass is 35.5. The minimum atomic E-state index is -0.486. The molecule has 1 N–H and O–H groups in total. The SMILES string of the molecule is Cc1cccc(NC(=O)Cn2c(=O)nc(-c3ccccc3)c3cc(Cl)ccc32)c1C. The van der Waals surface area contributed by atoms with Crippen molar-refractivity contribution in [1.82, 2.24) is 9.55 Å². The number of amides is 1. The van der Waals surface area contributed by atoms with Crippen LogP contribution in [0.15, 0.2) is 71.5 Å². The first-order valence-electron chi connectivity index (χ1n) is 9.55. The highest BCUT2D eigenvalue weighted by Gasteiger charge is 2.15. The van der Waals surface area contributed by atoms with Crippen LogP contribution in [-0.4, -0.2) is 15.5 Å². The molecule has 150 valence electrons. The van der Waals surface area contributed by atoms with Crippen LogP contribution < -0.4 is 11.0 Å². The molecule has 0 spiro atoms. The third-order valence-corrected chi connectivity index (χ3v) is 5.41. The molecule has 0 radical (unpaired) electrons. The van der Waals surface area contributed by atoms with Gasteiger partial charge in [-0.2, -0.15) is 4.98 Å². The summed E-state index contributed by atoms with van der Waals surface area (Å²) in [5.41, 5.74) is 4.29. The van der Waals surface area contributed by atoms with Crippen molar-refractivity contribution in [3.63, 3.8) is 0 Å². The number of carbonyl (C=O) groups excluding carboxylic acids is 1. The molecule has 0 aliphatic carbocycles. The Kier molecular flexibility index (Phi) is 5.38. The van der Waals surface area contributed by atoms with Gasteiger partial charge in [-0.3, -0.25) is 9.36 Å². The number of halogens is 1. The fourth-order valence-corrected chi connectivity index (χ4v) is 3.61. The molecule has 1 heterocycles. The molecule has 0 fully saturated rings. The molecule has 4 rings (SSSR count). The Morgan fingerprint density at radius 2 is 1.80 bits per heavy atom. The summed E-state index contributed by atoms with van der Waals surface area (Å²) in [7, 11) is 0. The third kappa shape index (κ3) is 3.84. The normalized spacial score (nSPS) is 10.9. The van der Waals surface area contributed by atoms with Crippen molar-refractivity contribution >= 4 is 34.1 Å². The van der Waals surface area contributed by atoms with Crippen molar-refractivity contribution in [3.8, 4) is 11.3 Å². The van der Waals surface area contributed by atoms with Crippen LogP contribution in [0, 0.1) is 13.8 Å². The molecule has 0 saturated carbocycles. The first-order chi connectivity index (χ1) is 14.4. The molecule has 0 aliphatic heterocycles. The summed E-state index contributed by atoms with van der Waals surface area (Å²) in [6.07, 6.45) is 0. The molecule has 1 aromatic heterocycles. The molecule has 5 nitrogen and oxygen atoms in total. The predicted molar refractivity (Wildman–Crippen MR) is 121 cm³/mol. The van der Waals surface area contributed by atoms with Gasteiger partial charge in [0.2, 0.25) is 5.91 Å². The molecule has 0 bridgehead atoms. The van der Waals surface area contributed by atoms with E-state index in [1.54, 1.807) is 18.2 Å². The van der Waals surface area contributed by atoms with Gasteiger partial charge in [0, 0.05) is 21.7 Å². The maximum absolute atomic E-state index is 12.9. The van der Waals surface area contributed by atoms with E-state index in [1.807, 2.05) is 62.4 Å². The Morgan fingerprint density at radius 1 is 1.03 bits per heavy atom. The summed E-state index contributed by atoms with van der Waals surface area (Å²) >= 11 is 6.22. The zero-order chi connectivity index (χ0) is 21.3. The van der Waals surface area contributed by atoms with Crippen LogP contribution in [0.1, 0.15) is 11.1 Å². The molecule has 0 aliphatic rings. The minimum absolute atomic E-state index is 0.146.